The number of rotatable bonds is 5. The fraction of sp³-hybridized carbons (Fsp3) is 0. The lowest BCUT2D eigenvalue weighted by Crippen LogP contribution is -2.16. The molecule has 2 rings (SSSR count). The molecule has 0 spiro atoms. The first-order valence-corrected chi connectivity index (χ1v) is 6.47. The standard InChI is InChI=1S/C16H13N3O3/c20-16(14-8-2-1-3-9-14)18-17-12-6-10-13-7-4-5-11-15(13)19(21)22/h1-12H,(H,18,20)/b10-6+,17-12+. The summed E-state index contributed by atoms with van der Waals surface area (Å²) in [4.78, 5) is 22.1. The molecule has 0 saturated heterocycles. The van der Waals surface area contributed by atoms with E-state index in [1.54, 1.807) is 48.5 Å². The van der Waals surface area contributed by atoms with Crippen LogP contribution >= 0.6 is 0 Å². The minimum absolute atomic E-state index is 0.0143. The van der Waals surface area contributed by atoms with Crippen molar-refractivity contribution in [3.63, 3.8) is 0 Å². The number of nitrogens with zero attached hydrogens (tertiary/aromatic N) is 2. The Morgan fingerprint density at radius 3 is 2.50 bits per heavy atom. The lowest BCUT2D eigenvalue weighted by atomic mass is 10.2. The van der Waals surface area contributed by atoms with Gasteiger partial charge in [0.05, 0.1) is 10.5 Å². The molecular weight excluding hydrogens is 282 g/mol. The van der Waals surface area contributed by atoms with Gasteiger partial charge >= 0.3 is 0 Å². The topological polar surface area (TPSA) is 84.6 Å². The molecule has 0 aliphatic rings. The largest absolute Gasteiger partial charge is 0.276 e. The molecule has 110 valence electrons. The average Bonchev–Trinajstić information content (AvgIpc) is 2.55. The second kappa shape index (κ2) is 7.49. The normalized spacial score (nSPS) is 10.9. The Bertz CT molecular complexity index is 724. The Labute approximate surface area is 126 Å². The minimum atomic E-state index is -0.450. The molecule has 2 aromatic carbocycles. The van der Waals surface area contributed by atoms with Gasteiger partial charge in [-0.15, -0.1) is 0 Å². The number of hydrogen-bond donors (Lipinski definition) is 1. The van der Waals surface area contributed by atoms with Gasteiger partial charge in [-0.25, -0.2) is 5.43 Å². The van der Waals surface area contributed by atoms with E-state index in [1.807, 2.05) is 6.07 Å². The Kier molecular flexibility index (Phi) is 5.15. The summed E-state index contributed by atoms with van der Waals surface area (Å²) in [7, 11) is 0. The van der Waals surface area contributed by atoms with Crippen LogP contribution in [0.25, 0.3) is 6.08 Å². The Balaban J connectivity index is 1.96. The summed E-state index contributed by atoms with van der Waals surface area (Å²) >= 11 is 0. The highest BCUT2D eigenvalue weighted by molar-refractivity contribution is 5.94. The fourth-order valence-corrected chi connectivity index (χ4v) is 1.73. The third kappa shape index (κ3) is 4.11. The highest BCUT2D eigenvalue weighted by Gasteiger charge is 2.08. The number of para-hydroxylation sites is 1. The van der Waals surface area contributed by atoms with Gasteiger partial charge in [-0.1, -0.05) is 30.3 Å². The number of allylic oxidation sites excluding steroid dienone is 1. The van der Waals surface area contributed by atoms with Gasteiger partial charge in [0, 0.05) is 17.8 Å². The van der Waals surface area contributed by atoms with Crippen molar-refractivity contribution < 1.29 is 9.72 Å². The first kappa shape index (κ1) is 15.1. The molecule has 0 aliphatic carbocycles. The van der Waals surface area contributed by atoms with Gasteiger partial charge in [0.1, 0.15) is 0 Å². The Morgan fingerprint density at radius 2 is 1.77 bits per heavy atom. The first-order chi connectivity index (χ1) is 10.7. The maximum absolute atomic E-state index is 11.7. The third-order valence-corrected chi connectivity index (χ3v) is 2.77. The summed E-state index contributed by atoms with van der Waals surface area (Å²) < 4.78 is 0. The third-order valence-electron chi connectivity index (χ3n) is 2.77. The molecule has 0 unspecified atom stereocenters. The number of benzene rings is 2. The molecule has 0 heterocycles. The Hall–Kier alpha value is -3.28. The molecule has 0 saturated carbocycles. The summed E-state index contributed by atoms with van der Waals surface area (Å²) in [5, 5.41) is 14.6. The van der Waals surface area contributed by atoms with Crippen molar-refractivity contribution >= 4 is 23.9 Å². The highest BCUT2D eigenvalue weighted by Crippen LogP contribution is 2.18. The minimum Gasteiger partial charge on any atom is -0.267 e. The van der Waals surface area contributed by atoms with Crippen LogP contribution in [0.1, 0.15) is 15.9 Å². The summed E-state index contributed by atoms with van der Waals surface area (Å²) in [6, 6.07) is 15.0. The van der Waals surface area contributed by atoms with Crippen molar-refractivity contribution in [1.82, 2.24) is 5.43 Å². The molecule has 6 heteroatoms. The smallest absolute Gasteiger partial charge is 0.267 e. The van der Waals surface area contributed by atoms with Crippen LogP contribution in [0.5, 0.6) is 0 Å². The highest BCUT2D eigenvalue weighted by atomic mass is 16.6. The summed E-state index contributed by atoms with van der Waals surface area (Å²) in [5.74, 6) is -0.323. The summed E-state index contributed by atoms with van der Waals surface area (Å²) in [6.45, 7) is 0. The van der Waals surface area contributed by atoms with Crippen LogP contribution < -0.4 is 5.43 Å². The Morgan fingerprint density at radius 1 is 1.09 bits per heavy atom. The second-order valence-electron chi connectivity index (χ2n) is 4.26. The van der Waals surface area contributed by atoms with Crippen molar-refractivity contribution in [3.05, 3.63) is 81.9 Å². The van der Waals surface area contributed by atoms with Crippen LogP contribution in [0.4, 0.5) is 5.69 Å². The van der Waals surface area contributed by atoms with Crippen molar-refractivity contribution in [1.29, 1.82) is 0 Å². The van der Waals surface area contributed by atoms with Crippen LogP contribution in [0.15, 0.2) is 65.8 Å². The van der Waals surface area contributed by atoms with E-state index in [0.29, 0.717) is 11.1 Å². The molecule has 2 aromatic rings. The molecule has 0 atom stereocenters. The zero-order valence-electron chi connectivity index (χ0n) is 11.5. The molecule has 1 N–H and O–H groups in total. The average molecular weight is 295 g/mol. The summed E-state index contributed by atoms with van der Waals surface area (Å²) in [5.41, 5.74) is 3.35. The van der Waals surface area contributed by atoms with Crippen molar-refractivity contribution in [3.8, 4) is 0 Å². The van der Waals surface area contributed by atoms with E-state index in [1.165, 1.54) is 18.4 Å². The van der Waals surface area contributed by atoms with Crippen LogP contribution in [-0.2, 0) is 0 Å². The molecule has 0 fully saturated rings. The predicted octanol–water partition coefficient (Wildman–Crippen LogP) is 3.02. The molecule has 6 nitrogen and oxygen atoms in total. The van der Waals surface area contributed by atoms with Crippen molar-refractivity contribution in [2.24, 2.45) is 5.10 Å². The molecule has 0 radical (unpaired) electrons. The molecule has 0 bridgehead atoms. The van der Waals surface area contributed by atoms with Crippen LogP contribution in [-0.4, -0.2) is 17.0 Å². The van der Waals surface area contributed by atoms with Gasteiger partial charge in [-0.05, 0) is 30.4 Å². The molecular formula is C16H13N3O3. The van der Waals surface area contributed by atoms with E-state index >= 15 is 0 Å². The number of nitro groups is 1. The first-order valence-electron chi connectivity index (χ1n) is 6.47. The van der Waals surface area contributed by atoms with Crippen LogP contribution in [0, 0.1) is 10.1 Å². The van der Waals surface area contributed by atoms with E-state index in [-0.39, 0.29) is 11.6 Å². The van der Waals surface area contributed by atoms with Crippen molar-refractivity contribution in [2.45, 2.75) is 0 Å². The number of nitrogens with one attached hydrogen (secondary N) is 1. The zero-order chi connectivity index (χ0) is 15.8. The number of carbonyl (C=O) groups excluding carboxylic acids is 1. The van der Waals surface area contributed by atoms with Gasteiger partial charge in [0.15, 0.2) is 0 Å². The van der Waals surface area contributed by atoms with Gasteiger partial charge in [0.2, 0.25) is 0 Å². The maximum atomic E-state index is 11.7. The number of carbonyl (C=O) groups is 1. The molecule has 22 heavy (non-hydrogen) atoms. The van der Waals surface area contributed by atoms with Crippen molar-refractivity contribution in [2.75, 3.05) is 0 Å². The lowest BCUT2D eigenvalue weighted by molar-refractivity contribution is -0.385. The van der Waals surface area contributed by atoms with Gasteiger partial charge in [-0.3, -0.25) is 14.9 Å². The monoisotopic (exact) mass is 295 g/mol. The molecule has 0 aromatic heterocycles. The van der Waals surface area contributed by atoms with E-state index in [2.05, 4.69) is 10.5 Å². The lowest BCUT2D eigenvalue weighted by Gasteiger charge is -1.97. The summed E-state index contributed by atoms with van der Waals surface area (Å²) in [6.07, 6.45) is 4.43. The fourth-order valence-electron chi connectivity index (χ4n) is 1.73. The predicted molar refractivity (Wildman–Crippen MR) is 84.5 cm³/mol. The second-order valence-corrected chi connectivity index (χ2v) is 4.26. The van der Waals surface area contributed by atoms with Gasteiger partial charge < -0.3 is 0 Å². The SMILES string of the molecule is O=C(N/N=C/C=C/c1ccccc1[N+](=O)[O-])c1ccccc1. The van der Waals surface area contributed by atoms with Gasteiger partial charge in [-0.2, -0.15) is 5.10 Å². The van der Waals surface area contributed by atoms with E-state index in [4.69, 9.17) is 0 Å². The van der Waals surface area contributed by atoms with E-state index in [9.17, 15) is 14.9 Å². The van der Waals surface area contributed by atoms with E-state index < -0.39 is 4.92 Å². The number of nitro benzene ring substituents is 1. The number of amides is 1. The van der Waals surface area contributed by atoms with Crippen LogP contribution in [0.2, 0.25) is 0 Å². The number of hydrazone groups is 1. The quantitative estimate of drug-likeness (QED) is 0.522. The molecule has 1 amide bonds. The number of hydrogen-bond acceptors (Lipinski definition) is 4. The van der Waals surface area contributed by atoms with E-state index in [0.717, 1.165) is 0 Å². The molecule has 0 aliphatic heterocycles. The van der Waals surface area contributed by atoms with Crippen LogP contribution in [0.3, 0.4) is 0 Å². The maximum Gasteiger partial charge on any atom is 0.276 e. The van der Waals surface area contributed by atoms with Gasteiger partial charge in [0.25, 0.3) is 11.6 Å². The zero-order valence-corrected chi connectivity index (χ0v) is 11.5.